The molecule has 2 aromatic carbocycles. The number of rotatable bonds is 6. The van der Waals surface area contributed by atoms with Crippen LogP contribution in [-0.4, -0.2) is 77.0 Å². The maximum atomic E-state index is 11.8. The zero-order valence-corrected chi connectivity index (χ0v) is 22.8. The lowest BCUT2D eigenvalue weighted by Crippen LogP contribution is -2.55. The number of fused-ring (bicyclic) bond motifs is 2. The number of carbonyl (C=O) groups is 1. The van der Waals surface area contributed by atoms with E-state index in [0.29, 0.717) is 38.8 Å². The van der Waals surface area contributed by atoms with Gasteiger partial charge in [0.1, 0.15) is 12.4 Å². The van der Waals surface area contributed by atoms with Crippen LogP contribution >= 0.6 is 0 Å². The molecular formula is C30H35N7O3. The molecule has 208 valence electrons. The Balaban J connectivity index is 1.34. The van der Waals surface area contributed by atoms with Gasteiger partial charge in [0.15, 0.2) is 0 Å². The quantitative estimate of drug-likeness (QED) is 0.480. The minimum Gasteiger partial charge on any atom is -0.465 e. The molecule has 0 aliphatic carbocycles. The van der Waals surface area contributed by atoms with Crippen LogP contribution in [0.4, 0.5) is 16.3 Å². The van der Waals surface area contributed by atoms with E-state index in [4.69, 9.17) is 14.7 Å². The summed E-state index contributed by atoms with van der Waals surface area (Å²) in [6.07, 6.45) is 2.06. The summed E-state index contributed by atoms with van der Waals surface area (Å²) in [7, 11) is 0. The zero-order chi connectivity index (χ0) is 27.7. The van der Waals surface area contributed by atoms with Gasteiger partial charge in [-0.2, -0.15) is 15.2 Å². The van der Waals surface area contributed by atoms with Gasteiger partial charge < -0.3 is 29.9 Å². The monoisotopic (exact) mass is 541 g/mol. The summed E-state index contributed by atoms with van der Waals surface area (Å²) in [5, 5.41) is 25.0. The van der Waals surface area contributed by atoms with Crippen LogP contribution in [0.25, 0.3) is 10.8 Å². The van der Waals surface area contributed by atoms with Crippen LogP contribution in [0.1, 0.15) is 37.4 Å². The van der Waals surface area contributed by atoms with Crippen LogP contribution in [0.3, 0.4) is 0 Å². The second kappa shape index (κ2) is 10.8. The van der Waals surface area contributed by atoms with Crippen LogP contribution in [0, 0.1) is 11.3 Å². The van der Waals surface area contributed by atoms with E-state index in [1.807, 2.05) is 0 Å². The van der Waals surface area contributed by atoms with Crippen molar-refractivity contribution in [2.75, 3.05) is 49.1 Å². The molecule has 0 radical (unpaired) electrons. The molecule has 0 saturated carbocycles. The van der Waals surface area contributed by atoms with Crippen molar-refractivity contribution in [2.24, 2.45) is 0 Å². The van der Waals surface area contributed by atoms with E-state index in [9.17, 15) is 15.2 Å². The normalized spacial score (nSPS) is 22.7. The molecule has 1 unspecified atom stereocenters. The number of amides is 1. The number of nitrogens with one attached hydrogen (secondary N) is 1. The summed E-state index contributed by atoms with van der Waals surface area (Å²) in [4.78, 5) is 27.5. The lowest BCUT2D eigenvalue weighted by atomic mass is 10.0. The predicted octanol–water partition coefficient (Wildman–Crippen LogP) is 3.80. The molecule has 10 heteroatoms. The minimum atomic E-state index is -0.989. The summed E-state index contributed by atoms with van der Waals surface area (Å²) in [6.45, 7) is 6.29. The third-order valence-corrected chi connectivity index (χ3v) is 8.46. The molecule has 0 bridgehead atoms. The number of anilines is 2. The Kier molecular flexibility index (Phi) is 7.07. The summed E-state index contributed by atoms with van der Waals surface area (Å²) in [5.41, 5.74) is 3.08. The third-order valence-electron chi connectivity index (χ3n) is 8.46. The highest BCUT2D eigenvalue weighted by Crippen LogP contribution is 2.35. The van der Waals surface area contributed by atoms with Gasteiger partial charge in [0, 0.05) is 48.4 Å². The second-order valence-electron chi connectivity index (χ2n) is 11.2. The van der Waals surface area contributed by atoms with Crippen molar-refractivity contribution < 1.29 is 14.6 Å². The van der Waals surface area contributed by atoms with Gasteiger partial charge in [0.2, 0.25) is 0 Å². The van der Waals surface area contributed by atoms with Crippen molar-refractivity contribution in [3.63, 3.8) is 0 Å². The Morgan fingerprint density at radius 1 is 1.18 bits per heavy atom. The predicted molar refractivity (Wildman–Crippen MR) is 153 cm³/mol. The smallest absolute Gasteiger partial charge is 0.407 e. The summed E-state index contributed by atoms with van der Waals surface area (Å²) >= 11 is 0. The van der Waals surface area contributed by atoms with Crippen LogP contribution in [0.2, 0.25) is 0 Å². The van der Waals surface area contributed by atoms with Gasteiger partial charge in [-0.25, -0.2) is 4.79 Å². The van der Waals surface area contributed by atoms with Crippen LogP contribution < -0.4 is 19.9 Å². The number of aromatic nitrogens is 2. The first-order valence-electron chi connectivity index (χ1n) is 14.1. The van der Waals surface area contributed by atoms with E-state index in [-0.39, 0.29) is 12.0 Å². The van der Waals surface area contributed by atoms with E-state index in [1.54, 1.807) is 0 Å². The maximum absolute atomic E-state index is 11.8. The van der Waals surface area contributed by atoms with Crippen molar-refractivity contribution >= 4 is 28.4 Å². The fourth-order valence-corrected chi connectivity index (χ4v) is 6.29. The number of nitriles is 1. The van der Waals surface area contributed by atoms with Crippen molar-refractivity contribution in [3.05, 3.63) is 53.7 Å². The van der Waals surface area contributed by atoms with Gasteiger partial charge in [-0.1, -0.05) is 36.4 Å². The number of nitrogens with zero attached hydrogens (tertiary/aromatic N) is 6. The molecule has 2 N–H and O–H groups in total. The number of hydrogen-bond donors (Lipinski definition) is 2. The first-order chi connectivity index (χ1) is 19.4. The fourth-order valence-electron chi connectivity index (χ4n) is 6.29. The summed E-state index contributed by atoms with van der Waals surface area (Å²) in [5.74, 6) is 0.801. The standard InChI is InChI=1S/C30H35N7O3/c1-30(12-5-14-32-30)20-40-28-33-25-19-35(26-9-4-7-21-6-2-3-8-23(21)26)15-11-24(25)27(34-28)36-16-17-37(29(38)39)22(18-36)10-13-31/h2-4,6-9,22,32H,5,10-12,14-20H2,1H3,(H,38,39)/t22?,30-/m0/s1. The summed E-state index contributed by atoms with van der Waals surface area (Å²) < 4.78 is 6.25. The molecule has 4 heterocycles. The van der Waals surface area contributed by atoms with E-state index in [2.05, 4.69) is 70.6 Å². The SMILES string of the molecule is C[C@@]1(COc2nc3c(c(N4CCN(C(=O)O)C(CC#N)C4)n2)CCN(c2cccc4ccccc24)C3)CCCN1. The van der Waals surface area contributed by atoms with Crippen molar-refractivity contribution in [1.82, 2.24) is 20.2 Å². The van der Waals surface area contributed by atoms with E-state index in [0.717, 1.165) is 49.4 Å². The topological polar surface area (TPSA) is 118 Å². The Bertz CT molecular complexity index is 1440. The first-order valence-corrected chi connectivity index (χ1v) is 14.1. The lowest BCUT2D eigenvalue weighted by molar-refractivity contribution is 0.119. The zero-order valence-electron chi connectivity index (χ0n) is 22.8. The number of ether oxygens (including phenoxy) is 1. The highest BCUT2D eigenvalue weighted by molar-refractivity contribution is 5.94. The van der Waals surface area contributed by atoms with Gasteiger partial charge in [0.05, 0.1) is 30.8 Å². The van der Waals surface area contributed by atoms with Gasteiger partial charge >= 0.3 is 12.1 Å². The molecule has 0 spiro atoms. The van der Waals surface area contributed by atoms with Crippen molar-refractivity contribution in [2.45, 2.75) is 50.7 Å². The van der Waals surface area contributed by atoms with Crippen LogP contribution in [0.5, 0.6) is 6.01 Å². The van der Waals surface area contributed by atoms with Gasteiger partial charge in [0.25, 0.3) is 0 Å². The highest BCUT2D eigenvalue weighted by atomic mass is 16.5. The maximum Gasteiger partial charge on any atom is 0.407 e. The Hall–Kier alpha value is -4.10. The Morgan fingerprint density at radius 2 is 2.02 bits per heavy atom. The highest BCUT2D eigenvalue weighted by Gasteiger charge is 2.35. The molecule has 2 atom stereocenters. The van der Waals surface area contributed by atoms with E-state index in [1.165, 1.54) is 21.4 Å². The van der Waals surface area contributed by atoms with Crippen molar-refractivity contribution in [1.29, 1.82) is 5.26 Å². The van der Waals surface area contributed by atoms with E-state index < -0.39 is 12.1 Å². The van der Waals surface area contributed by atoms with Crippen LogP contribution in [-0.2, 0) is 13.0 Å². The molecule has 2 fully saturated rings. The molecule has 3 aliphatic rings. The lowest BCUT2D eigenvalue weighted by Gasteiger charge is -2.41. The average molecular weight is 542 g/mol. The first kappa shape index (κ1) is 26.1. The van der Waals surface area contributed by atoms with Gasteiger partial charge in [-0.05, 0) is 44.2 Å². The molecular weight excluding hydrogens is 506 g/mol. The molecule has 3 aromatic rings. The molecule has 1 aromatic heterocycles. The fraction of sp³-hybridized carbons (Fsp3) is 0.467. The van der Waals surface area contributed by atoms with Gasteiger partial charge in [-0.3, -0.25) is 0 Å². The molecule has 6 rings (SSSR count). The summed E-state index contributed by atoms with van der Waals surface area (Å²) in [6, 6.07) is 16.9. The second-order valence-corrected chi connectivity index (χ2v) is 11.2. The molecule has 10 nitrogen and oxygen atoms in total. The Morgan fingerprint density at radius 3 is 2.83 bits per heavy atom. The number of carboxylic acid groups (broad SMARTS) is 1. The van der Waals surface area contributed by atoms with E-state index >= 15 is 0 Å². The minimum absolute atomic E-state index is 0.112. The molecule has 1 amide bonds. The third kappa shape index (κ3) is 5.09. The van der Waals surface area contributed by atoms with Crippen LogP contribution in [0.15, 0.2) is 42.5 Å². The molecule has 2 saturated heterocycles. The number of piperazine rings is 1. The number of benzene rings is 2. The molecule has 3 aliphatic heterocycles. The number of hydrogen-bond acceptors (Lipinski definition) is 8. The average Bonchev–Trinajstić information content (AvgIpc) is 3.41. The van der Waals surface area contributed by atoms with Crippen molar-refractivity contribution in [3.8, 4) is 12.1 Å². The largest absolute Gasteiger partial charge is 0.465 e. The molecule has 40 heavy (non-hydrogen) atoms. The van der Waals surface area contributed by atoms with Gasteiger partial charge in [-0.15, -0.1) is 0 Å². The Labute approximate surface area is 234 Å².